The van der Waals surface area contributed by atoms with Crippen molar-refractivity contribution in [3.05, 3.63) is 114 Å². The normalized spacial score (nSPS) is 11.3. The van der Waals surface area contributed by atoms with Gasteiger partial charge in [-0.05, 0) is 29.0 Å². The van der Waals surface area contributed by atoms with Crippen molar-refractivity contribution in [2.24, 2.45) is 5.16 Å². The summed E-state index contributed by atoms with van der Waals surface area (Å²) in [5.74, 6) is -0.504. The molecule has 1 heterocycles. The van der Waals surface area contributed by atoms with Gasteiger partial charge in [-0.3, -0.25) is 4.98 Å². The van der Waals surface area contributed by atoms with Crippen LogP contribution in [-0.4, -0.2) is 16.7 Å². The minimum Gasteiger partial charge on any atom is -0.312 e. The van der Waals surface area contributed by atoms with Gasteiger partial charge in [-0.1, -0.05) is 78.0 Å². The molecule has 0 N–H and O–H groups in total. The fraction of sp³-hybridized carbons (Fsp3) is 0. The van der Waals surface area contributed by atoms with Gasteiger partial charge in [0.15, 0.2) is 0 Å². The van der Waals surface area contributed by atoms with Crippen LogP contribution in [0.4, 0.5) is 0 Å². The second-order valence-electron chi connectivity index (χ2n) is 5.93. The zero-order chi connectivity index (χ0) is 18.5. The summed E-state index contributed by atoms with van der Waals surface area (Å²) < 4.78 is 0. The molecule has 0 saturated carbocycles. The highest BCUT2D eigenvalue weighted by Crippen LogP contribution is 2.19. The van der Waals surface area contributed by atoms with E-state index < -0.39 is 5.97 Å². The van der Waals surface area contributed by atoms with Crippen LogP contribution in [0.15, 0.2) is 102 Å². The smallest absolute Gasteiger partial charge is 0.312 e. The SMILES string of the molecule is O=C(ON=C(c1ccccc1)c1ccccn1)c1cccc2ccccc12. The van der Waals surface area contributed by atoms with Gasteiger partial charge < -0.3 is 4.84 Å². The van der Waals surface area contributed by atoms with Crippen molar-refractivity contribution >= 4 is 22.5 Å². The van der Waals surface area contributed by atoms with Gasteiger partial charge in [-0.25, -0.2) is 4.79 Å². The summed E-state index contributed by atoms with van der Waals surface area (Å²) in [6.45, 7) is 0. The molecule has 0 bridgehead atoms. The number of benzene rings is 3. The summed E-state index contributed by atoms with van der Waals surface area (Å²) in [6, 6.07) is 28.3. The van der Waals surface area contributed by atoms with Crippen LogP contribution in [0.5, 0.6) is 0 Å². The monoisotopic (exact) mass is 352 g/mol. The van der Waals surface area contributed by atoms with Crippen molar-refractivity contribution in [3.8, 4) is 0 Å². The van der Waals surface area contributed by atoms with Crippen LogP contribution in [0.2, 0.25) is 0 Å². The van der Waals surface area contributed by atoms with Gasteiger partial charge in [0.1, 0.15) is 5.71 Å². The van der Waals surface area contributed by atoms with E-state index in [4.69, 9.17) is 4.84 Å². The van der Waals surface area contributed by atoms with E-state index in [0.29, 0.717) is 17.0 Å². The summed E-state index contributed by atoms with van der Waals surface area (Å²) in [5.41, 5.74) is 2.44. The maximum absolute atomic E-state index is 12.7. The van der Waals surface area contributed by atoms with Crippen molar-refractivity contribution < 1.29 is 9.63 Å². The first-order chi connectivity index (χ1) is 13.3. The lowest BCUT2D eigenvalue weighted by molar-refractivity contribution is 0.0519. The zero-order valence-electron chi connectivity index (χ0n) is 14.4. The Hall–Kier alpha value is -3.79. The lowest BCUT2D eigenvalue weighted by Crippen LogP contribution is -2.09. The van der Waals surface area contributed by atoms with E-state index in [1.54, 1.807) is 12.3 Å². The number of oxime groups is 1. The van der Waals surface area contributed by atoms with Gasteiger partial charge in [0.2, 0.25) is 0 Å². The highest BCUT2D eigenvalue weighted by Gasteiger charge is 2.14. The van der Waals surface area contributed by atoms with Gasteiger partial charge in [0.05, 0.1) is 11.3 Å². The van der Waals surface area contributed by atoms with Crippen LogP contribution in [0.25, 0.3) is 10.8 Å². The summed E-state index contributed by atoms with van der Waals surface area (Å²) in [4.78, 5) is 22.3. The number of fused-ring (bicyclic) bond motifs is 1. The van der Waals surface area contributed by atoms with Crippen LogP contribution in [0.3, 0.4) is 0 Å². The van der Waals surface area contributed by atoms with Crippen molar-refractivity contribution in [2.45, 2.75) is 0 Å². The largest absolute Gasteiger partial charge is 0.366 e. The Morgan fingerprint density at radius 1 is 0.778 bits per heavy atom. The summed E-state index contributed by atoms with van der Waals surface area (Å²) >= 11 is 0. The molecule has 130 valence electrons. The zero-order valence-corrected chi connectivity index (χ0v) is 14.4. The molecule has 0 aliphatic carbocycles. The Kier molecular flexibility index (Phi) is 4.70. The number of carbonyl (C=O) groups is 1. The Balaban J connectivity index is 1.70. The number of hydrogen-bond donors (Lipinski definition) is 0. The van der Waals surface area contributed by atoms with Crippen LogP contribution in [0, 0.1) is 0 Å². The predicted molar refractivity (Wildman–Crippen MR) is 106 cm³/mol. The molecular formula is C23H16N2O2. The molecule has 0 atom stereocenters. The quantitative estimate of drug-likeness (QED) is 0.300. The van der Waals surface area contributed by atoms with E-state index in [9.17, 15) is 4.79 Å². The Bertz CT molecular complexity index is 1060. The van der Waals surface area contributed by atoms with E-state index in [1.807, 2.05) is 84.9 Å². The van der Waals surface area contributed by atoms with Crippen LogP contribution in [0.1, 0.15) is 21.6 Å². The van der Waals surface area contributed by atoms with Crippen molar-refractivity contribution in [2.75, 3.05) is 0 Å². The molecule has 0 aliphatic heterocycles. The number of rotatable bonds is 4. The third-order valence-corrected chi connectivity index (χ3v) is 4.18. The molecule has 0 spiro atoms. The van der Waals surface area contributed by atoms with E-state index >= 15 is 0 Å². The van der Waals surface area contributed by atoms with Gasteiger partial charge in [0.25, 0.3) is 0 Å². The number of carbonyl (C=O) groups excluding carboxylic acids is 1. The van der Waals surface area contributed by atoms with Crippen LogP contribution in [-0.2, 0) is 4.84 Å². The number of pyridine rings is 1. The summed E-state index contributed by atoms with van der Waals surface area (Å²) in [7, 11) is 0. The maximum Gasteiger partial charge on any atom is 0.366 e. The minimum atomic E-state index is -0.504. The molecule has 4 nitrogen and oxygen atoms in total. The number of aromatic nitrogens is 1. The molecule has 0 radical (unpaired) electrons. The molecule has 3 aromatic carbocycles. The molecule has 27 heavy (non-hydrogen) atoms. The molecule has 1 aromatic heterocycles. The first kappa shape index (κ1) is 16.7. The van der Waals surface area contributed by atoms with E-state index in [-0.39, 0.29) is 0 Å². The molecular weight excluding hydrogens is 336 g/mol. The third-order valence-electron chi connectivity index (χ3n) is 4.18. The van der Waals surface area contributed by atoms with Gasteiger partial charge in [-0.15, -0.1) is 0 Å². The molecule has 0 amide bonds. The Morgan fingerprint density at radius 2 is 1.52 bits per heavy atom. The summed E-state index contributed by atoms with van der Waals surface area (Å²) in [6.07, 6.45) is 1.68. The molecule has 0 fully saturated rings. The lowest BCUT2D eigenvalue weighted by Gasteiger charge is -2.07. The van der Waals surface area contributed by atoms with E-state index in [2.05, 4.69) is 10.1 Å². The molecule has 0 unspecified atom stereocenters. The Morgan fingerprint density at radius 3 is 2.33 bits per heavy atom. The van der Waals surface area contributed by atoms with E-state index in [0.717, 1.165) is 16.3 Å². The predicted octanol–water partition coefficient (Wildman–Crippen LogP) is 4.84. The van der Waals surface area contributed by atoms with Crippen molar-refractivity contribution in [3.63, 3.8) is 0 Å². The second kappa shape index (κ2) is 7.62. The molecule has 4 rings (SSSR count). The first-order valence-corrected chi connectivity index (χ1v) is 8.57. The van der Waals surface area contributed by atoms with E-state index in [1.165, 1.54) is 0 Å². The molecule has 4 heteroatoms. The van der Waals surface area contributed by atoms with Crippen molar-refractivity contribution in [1.29, 1.82) is 0 Å². The van der Waals surface area contributed by atoms with Crippen LogP contribution >= 0.6 is 0 Å². The standard InChI is InChI=1S/C23H16N2O2/c26-23(20-14-8-12-17-9-4-5-13-19(17)20)27-25-22(18-10-2-1-3-11-18)21-15-6-7-16-24-21/h1-16H. The van der Waals surface area contributed by atoms with Crippen molar-refractivity contribution in [1.82, 2.24) is 4.98 Å². The van der Waals surface area contributed by atoms with Gasteiger partial charge in [0, 0.05) is 11.8 Å². The van der Waals surface area contributed by atoms with Gasteiger partial charge >= 0.3 is 5.97 Å². The fourth-order valence-electron chi connectivity index (χ4n) is 2.89. The first-order valence-electron chi connectivity index (χ1n) is 8.57. The second-order valence-corrected chi connectivity index (χ2v) is 5.93. The number of hydrogen-bond acceptors (Lipinski definition) is 4. The fourth-order valence-corrected chi connectivity index (χ4v) is 2.89. The average Bonchev–Trinajstić information content (AvgIpc) is 2.75. The molecule has 4 aromatic rings. The lowest BCUT2D eigenvalue weighted by atomic mass is 10.1. The highest BCUT2D eigenvalue weighted by atomic mass is 16.7. The maximum atomic E-state index is 12.7. The molecule has 0 saturated heterocycles. The number of nitrogens with zero attached hydrogens (tertiary/aromatic N) is 2. The van der Waals surface area contributed by atoms with Gasteiger partial charge in [-0.2, -0.15) is 0 Å². The molecule has 0 aliphatic rings. The highest BCUT2D eigenvalue weighted by molar-refractivity contribution is 6.12. The van der Waals surface area contributed by atoms with Crippen LogP contribution < -0.4 is 0 Å². The third kappa shape index (κ3) is 3.60. The summed E-state index contributed by atoms with van der Waals surface area (Å²) in [5, 5.41) is 5.96. The Labute approximate surface area is 156 Å². The average molecular weight is 352 g/mol. The topological polar surface area (TPSA) is 51.5 Å². The minimum absolute atomic E-state index is 0.477.